The Bertz CT molecular complexity index is 83.8. The highest BCUT2D eigenvalue weighted by atomic mass is 79.9. The van der Waals surface area contributed by atoms with Crippen molar-refractivity contribution in [2.75, 3.05) is 13.2 Å². The third-order valence-electron chi connectivity index (χ3n) is 1.14. The van der Waals surface area contributed by atoms with Crippen LogP contribution in [-0.4, -0.2) is 20.4 Å². The fourth-order valence-corrected chi connectivity index (χ4v) is 3.40. The minimum atomic E-state index is -1.91. The molecule has 0 spiro atoms. The van der Waals surface area contributed by atoms with Crippen molar-refractivity contribution in [2.45, 2.75) is 26.8 Å². The lowest BCUT2D eigenvalue weighted by molar-refractivity contribution is 0.208. The molecule has 0 fully saturated rings. The molecule has 0 saturated heterocycles. The molecule has 0 aliphatic rings. The van der Waals surface area contributed by atoms with Gasteiger partial charge in [-0.25, -0.2) is 0 Å². The monoisotopic (exact) mass is 226 g/mol. The topological polar surface area (TPSA) is 18.5 Å². The zero-order valence-corrected chi connectivity index (χ0v) is 9.40. The van der Waals surface area contributed by atoms with Gasteiger partial charge in [0.1, 0.15) is 0 Å². The molecule has 10 heavy (non-hydrogen) atoms. The highest BCUT2D eigenvalue weighted by Crippen LogP contribution is 2.19. The maximum absolute atomic E-state index is 5.45. The first kappa shape index (κ1) is 10.6. The van der Waals surface area contributed by atoms with Gasteiger partial charge in [0.2, 0.25) is 0 Å². The molecule has 0 atom stereocenters. The van der Waals surface area contributed by atoms with Crippen LogP contribution in [0.5, 0.6) is 0 Å². The first-order valence-corrected chi connectivity index (χ1v) is 7.93. The van der Waals surface area contributed by atoms with Crippen LogP contribution in [-0.2, 0) is 8.85 Å². The van der Waals surface area contributed by atoms with Crippen LogP contribution < -0.4 is 0 Å². The van der Waals surface area contributed by atoms with Crippen LogP contribution in [0.2, 0.25) is 6.04 Å². The van der Waals surface area contributed by atoms with Crippen molar-refractivity contribution in [3.05, 3.63) is 0 Å². The molecule has 0 aromatic heterocycles. The zero-order chi connectivity index (χ0) is 8.04. The maximum atomic E-state index is 5.45. The van der Waals surface area contributed by atoms with E-state index >= 15 is 0 Å². The first-order valence-electron chi connectivity index (χ1n) is 3.65. The summed E-state index contributed by atoms with van der Waals surface area (Å²) >= 11 is 3.50. The fraction of sp³-hybridized carbons (Fsp3) is 1.00. The summed E-state index contributed by atoms with van der Waals surface area (Å²) in [6.45, 7) is 7.50. The molecule has 0 aliphatic carbocycles. The molecule has 0 bridgehead atoms. The predicted molar refractivity (Wildman–Crippen MR) is 48.4 cm³/mol. The normalized spacial score (nSPS) is 12.0. The molecule has 0 rings (SSSR count). The summed E-state index contributed by atoms with van der Waals surface area (Å²) in [5.74, 6) is 0. The molecule has 0 heterocycles. The van der Waals surface area contributed by atoms with E-state index in [0.717, 1.165) is 19.3 Å². The summed E-state index contributed by atoms with van der Waals surface area (Å²) in [5, 5.41) is 0. The number of hydrogen-bond donors (Lipinski definition) is 0. The minimum Gasteiger partial charge on any atom is -0.387 e. The number of halogens is 1. The van der Waals surface area contributed by atoms with Gasteiger partial charge in [-0.3, -0.25) is 0 Å². The van der Waals surface area contributed by atoms with Gasteiger partial charge in [0.15, 0.2) is 0 Å². The van der Waals surface area contributed by atoms with Gasteiger partial charge in [0.25, 0.3) is 0 Å². The van der Waals surface area contributed by atoms with Crippen molar-refractivity contribution in [1.82, 2.24) is 0 Å². The van der Waals surface area contributed by atoms with Gasteiger partial charge >= 0.3 is 7.18 Å². The van der Waals surface area contributed by atoms with Crippen molar-refractivity contribution < 1.29 is 8.85 Å². The average Bonchev–Trinajstić information content (AvgIpc) is 1.89. The van der Waals surface area contributed by atoms with Gasteiger partial charge in [-0.15, -0.1) is 0 Å². The van der Waals surface area contributed by atoms with Crippen molar-refractivity contribution >= 4 is 22.5 Å². The van der Waals surface area contributed by atoms with E-state index in [1.54, 1.807) is 0 Å². The van der Waals surface area contributed by atoms with E-state index in [-0.39, 0.29) is 0 Å². The molecule has 0 aromatic rings. The molecular weight excluding hydrogens is 212 g/mol. The smallest absolute Gasteiger partial charge is 0.387 e. The Balaban J connectivity index is 3.69. The van der Waals surface area contributed by atoms with Crippen molar-refractivity contribution in [2.24, 2.45) is 0 Å². The molecule has 2 nitrogen and oxygen atoms in total. The lowest BCUT2D eigenvalue weighted by atomic mass is 10.9. The predicted octanol–water partition coefficient (Wildman–Crippen LogP) is 2.41. The molecule has 0 aromatic carbocycles. The van der Waals surface area contributed by atoms with Gasteiger partial charge in [0, 0.05) is 13.2 Å². The van der Waals surface area contributed by atoms with Gasteiger partial charge in [-0.05, 0) is 19.9 Å². The summed E-state index contributed by atoms with van der Waals surface area (Å²) in [6, 6.07) is 0.953. The lowest BCUT2D eigenvalue weighted by Gasteiger charge is -2.21. The summed E-state index contributed by atoms with van der Waals surface area (Å²) in [4.78, 5) is 0. The van der Waals surface area contributed by atoms with Gasteiger partial charge in [-0.1, -0.05) is 22.2 Å². The first-order chi connectivity index (χ1) is 4.68. The quantitative estimate of drug-likeness (QED) is 0.530. The Morgan fingerprint density at radius 1 is 1.10 bits per heavy atom. The SMILES string of the molecule is CCO[Si](Br)(CC)OCC. The van der Waals surface area contributed by atoms with E-state index in [9.17, 15) is 0 Å². The zero-order valence-electron chi connectivity index (χ0n) is 6.82. The van der Waals surface area contributed by atoms with Gasteiger partial charge < -0.3 is 8.85 Å². The van der Waals surface area contributed by atoms with Crippen LogP contribution in [0.15, 0.2) is 0 Å². The lowest BCUT2D eigenvalue weighted by Crippen LogP contribution is -2.34. The fourth-order valence-electron chi connectivity index (χ4n) is 0.677. The van der Waals surface area contributed by atoms with Crippen LogP contribution >= 0.6 is 15.3 Å². The minimum absolute atomic E-state index is 0.727. The Hall–Kier alpha value is 0.617. The van der Waals surface area contributed by atoms with E-state index in [1.165, 1.54) is 0 Å². The summed E-state index contributed by atoms with van der Waals surface area (Å²) in [5.41, 5.74) is 0. The highest BCUT2D eigenvalue weighted by Gasteiger charge is 2.31. The third-order valence-corrected chi connectivity index (χ3v) is 6.48. The highest BCUT2D eigenvalue weighted by molar-refractivity contribution is 9.25. The summed E-state index contributed by atoms with van der Waals surface area (Å²) < 4.78 is 10.9. The van der Waals surface area contributed by atoms with Gasteiger partial charge in [0.05, 0.1) is 0 Å². The largest absolute Gasteiger partial charge is 0.413 e. The van der Waals surface area contributed by atoms with Crippen LogP contribution in [0.4, 0.5) is 0 Å². The molecule has 0 aliphatic heterocycles. The Kier molecular flexibility index (Phi) is 5.62. The molecule has 4 heteroatoms. The van der Waals surface area contributed by atoms with Crippen molar-refractivity contribution in [3.8, 4) is 0 Å². The van der Waals surface area contributed by atoms with Crippen molar-refractivity contribution in [3.63, 3.8) is 0 Å². The van der Waals surface area contributed by atoms with Crippen molar-refractivity contribution in [1.29, 1.82) is 0 Å². The van der Waals surface area contributed by atoms with E-state index in [4.69, 9.17) is 8.85 Å². The molecule has 0 radical (unpaired) electrons. The molecule has 0 N–H and O–H groups in total. The molecular formula is C6H15BrO2Si. The van der Waals surface area contributed by atoms with Crippen LogP contribution in [0.1, 0.15) is 20.8 Å². The second kappa shape index (κ2) is 5.29. The average molecular weight is 227 g/mol. The summed E-state index contributed by atoms with van der Waals surface area (Å²) in [7, 11) is -1.91. The molecule has 0 saturated carbocycles. The summed E-state index contributed by atoms with van der Waals surface area (Å²) in [6.07, 6.45) is 0. The molecule has 0 amide bonds. The van der Waals surface area contributed by atoms with E-state index in [2.05, 4.69) is 22.2 Å². The Labute approximate surface area is 71.7 Å². The Morgan fingerprint density at radius 2 is 1.50 bits per heavy atom. The van der Waals surface area contributed by atoms with E-state index in [0.29, 0.717) is 0 Å². The van der Waals surface area contributed by atoms with Crippen LogP contribution in [0.3, 0.4) is 0 Å². The number of rotatable bonds is 5. The van der Waals surface area contributed by atoms with Crippen LogP contribution in [0, 0.1) is 0 Å². The second-order valence-electron chi connectivity index (χ2n) is 1.88. The molecule has 0 unspecified atom stereocenters. The standard InChI is InChI=1S/C6H15BrO2Si/c1-4-8-10(7,6-3)9-5-2/h4-6H2,1-3H3. The molecule has 62 valence electrons. The maximum Gasteiger partial charge on any atom is 0.413 e. The van der Waals surface area contributed by atoms with Gasteiger partial charge in [-0.2, -0.15) is 0 Å². The Morgan fingerprint density at radius 3 is 1.70 bits per heavy atom. The second-order valence-corrected chi connectivity index (χ2v) is 8.11. The third kappa shape index (κ3) is 3.70. The van der Waals surface area contributed by atoms with E-state index in [1.807, 2.05) is 13.8 Å². The van der Waals surface area contributed by atoms with E-state index < -0.39 is 7.18 Å². The number of hydrogen-bond acceptors (Lipinski definition) is 2. The van der Waals surface area contributed by atoms with Crippen LogP contribution in [0.25, 0.3) is 0 Å².